The number of methoxy groups -OCH3 is 1. The van der Waals surface area contributed by atoms with Crippen LogP contribution in [0.4, 0.5) is 0 Å². The number of carbonyl (C=O) groups is 1. The number of rotatable bonds is 6. The van der Waals surface area contributed by atoms with E-state index in [0.717, 1.165) is 6.54 Å². The molecule has 1 aromatic carbocycles. The Hall–Kier alpha value is -2.76. The molecule has 26 heavy (non-hydrogen) atoms. The topological polar surface area (TPSA) is 75.9 Å². The lowest BCUT2D eigenvalue weighted by atomic mass is 9.96. The van der Waals surface area contributed by atoms with Gasteiger partial charge in [-0.2, -0.15) is 0 Å². The van der Waals surface area contributed by atoms with Crippen molar-refractivity contribution in [2.45, 2.75) is 31.7 Å². The molecule has 1 heterocycles. The Morgan fingerprint density at radius 2 is 2.00 bits per heavy atom. The van der Waals surface area contributed by atoms with Gasteiger partial charge in [0.1, 0.15) is 17.1 Å². The van der Waals surface area contributed by atoms with Crippen LogP contribution in [-0.2, 0) is 16.7 Å². The fourth-order valence-electron chi connectivity index (χ4n) is 3.10. The lowest BCUT2D eigenvalue weighted by Gasteiger charge is -2.18. The molecule has 1 fully saturated rings. The normalized spacial score (nSPS) is 15.4. The molecule has 0 aliphatic heterocycles. The standard InChI is InChI=1S/C20H25N3O3/c1-14-17(18(24)25-3)11-16(26-14)12-22-19(21-2)23-13-20(9-10-20)15-7-5-4-6-8-15/h4-8,11H,9-10,12-13H2,1-3H3,(H2,21,22,23). The van der Waals surface area contributed by atoms with Crippen molar-refractivity contribution >= 4 is 11.9 Å². The minimum Gasteiger partial charge on any atom is -0.465 e. The summed E-state index contributed by atoms with van der Waals surface area (Å²) in [6.07, 6.45) is 2.36. The van der Waals surface area contributed by atoms with Crippen LogP contribution in [0.1, 0.15) is 40.3 Å². The molecule has 0 bridgehead atoms. The van der Waals surface area contributed by atoms with E-state index in [9.17, 15) is 4.79 Å². The third-order valence-electron chi connectivity index (χ3n) is 4.86. The summed E-state index contributed by atoms with van der Waals surface area (Å²) in [5, 5.41) is 6.63. The van der Waals surface area contributed by atoms with E-state index in [4.69, 9.17) is 9.15 Å². The monoisotopic (exact) mass is 355 g/mol. The molecule has 0 spiro atoms. The highest BCUT2D eigenvalue weighted by atomic mass is 16.5. The van der Waals surface area contributed by atoms with E-state index in [1.165, 1.54) is 25.5 Å². The number of carbonyl (C=O) groups excluding carboxylic acids is 1. The maximum Gasteiger partial charge on any atom is 0.341 e. The average Bonchev–Trinajstić information content (AvgIpc) is 3.38. The number of aryl methyl sites for hydroxylation is 1. The SMILES string of the molecule is CN=C(NCc1cc(C(=O)OC)c(C)o1)NCC1(c2ccccc2)CC1. The summed E-state index contributed by atoms with van der Waals surface area (Å²) in [5.74, 6) is 1.53. The number of furan rings is 1. The highest BCUT2D eigenvalue weighted by Crippen LogP contribution is 2.47. The molecule has 1 aliphatic carbocycles. The molecule has 6 heteroatoms. The summed E-state index contributed by atoms with van der Waals surface area (Å²) in [7, 11) is 3.10. The quantitative estimate of drug-likeness (QED) is 0.473. The van der Waals surface area contributed by atoms with Gasteiger partial charge in [0.25, 0.3) is 0 Å². The summed E-state index contributed by atoms with van der Waals surface area (Å²) in [5.41, 5.74) is 2.03. The second-order valence-corrected chi connectivity index (χ2v) is 6.60. The summed E-state index contributed by atoms with van der Waals surface area (Å²) in [6.45, 7) is 3.02. The number of hydrogen-bond donors (Lipinski definition) is 2. The van der Waals surface area contributed by atoms with E-state index in [0.29, 0.717) is 29.6 Å². The molecule has 1 aliphatic rings. The first kappa shape index (κ1) is 18.0. The molecule has 6 nitrogen and oxygen atoms in total. The lowest BCUT2D eigenvalue weighted by molar-refractivity contribution is 0.0599. The molecular formula is C20H25N3O3. The number of ether oxygens (including phenoxy) is 1. The van der Waals surface area contributed by atoms with Gasteiger partial charge >= 0.3 is 5.97 Å². The van der Waals surface area contributed by atoms with Crippen molar-refractivity contribution < 1.29 is 13.9 Å². The van der Waals surface area contributed by atoms with Gasteiger partial charge in [-0.15, -0.1) is 0 Å². The van der Waals surface area contributed by atoms with Crippen molar-refractivity contribution in [1.29, 1.82) is 0 Å². The summed E-state index contributed by atoms with van der Waals surface area (Å²) in [4.78, 5) is 15.9. The van der Waals surface area contributed by atoms with Crippen LogP contribution in [0.25, 0.3) is 0 Å². The van der Waals surface area contributed by atoms with Crippen molar-refractivity contribution in [3.05, 3.63) is 59.0 Å². The molecule has 0 radical (unpaired) electrons. The molecule has 2 aromatic rings. The second kappa shape index (κ2) is 7.64. The number of benzene rings is 1. The Kier molecular flexibility index (Phi) is 5.30. The van der Waals surface area contributed by atoms with Crippen molar-refractivity contribution in [2.24, 2.45) is 4.99 Å². The molecule has 3 rings (SSSR count). The predicted molar refractivity (Wildman–Crippen MR) is 100 cm³/mol. The van der Waals surface area contributed by atoms with Gasteiger partial charge in [0.05, 0.1) is 13.7 Å². The molecule has 1 aromatic heterocycles. The van der Waals surface area contributed by atoms with Gasteiger partial charge in [0, 0.05) is 19.0 Å². The Bertz CT molecular complexity index is 792. The van der Waals surface area contributed by atoms with Crippen LogP contribution in [0.5, 0.6) is 0 Å². The Morgan fingerprint density at radius 1 is 1.27 bits per heavy atom. The Balaban J connectivity index is 1.55. The average molecular weight is 355 g/mol. The van der Waals surface area contributed by atoms with Gasteiger partial charge in [-0.25, -0.2) is 4.79 Å². The van der Waals surface area contributed by atoms with Crippen LogP contribution >= 0.6 is 0 Å². The van der Waals surface area contributed by atoms with E-state index in [1.54, 1.807) is 20.0 Å². The van der Waals surface area contributed by atoms with Gasteiger partial charge in [0.2, 0.25) is 0 Å². The first-order valence-corrected chi connectivity index (χ1v) is 8.75. The van der Waals surface area contributed by atoms with Crippen LogP contribution in [0.2, 0.25) is 0 Å². The van der Waals surface area contributed by atoms with E-state index in [-0.39, 0.29) is 5.41 Å². The molecular weight excluding hydrogens is 330 g/mol. The largest absolute Gasteiger partial charge is 0.465 e. The summed E-state index contributed by atoms with van der Waals surface area (Å²) >= 11 is 0. The van der Waals surface area contributed by atoms with Gasteiger partial charge in [-0.05, 0) is 31.4 Å². The minimum atomic E-state index is -0.390. The van der Waals surface area contributed by atoms with Crippen LogP contribution in [0, 0.1) is 6.92 Å². The zero-order chi connectivity index (χ0) is 18.6. The fraction of sp³-hybridized carbons (Fsp3) is 0.400. The number of nitrogens with one attached hydrogen (secondary N) is 2. The number of aliphatic imine (C=N–C) groups is 1. The van der Waals surface area contributed by atoms with Crippen molar-refractivity contribution in [3.63, 3.8) is 0 Å². The van der Waals surface area contributed by atoms with E-state index < -0.39 is 5.97 Å². The van der Waals surface area contributed by atoms with Crippen LogP contribution in [0.15, 0.2) is 45.8 Å². The smallest absolute Gasteiger partial charge is 0.341 e. The predicted octanol–water partition coefficient (Wildman–Crippen LogP) is 2.77. The first-order chi connectivity index (χ1) is 12.6. The Labute approximate surface area is 153 Å². The minimum absolute atomic E-state index is 0.207. The summed E-state index contributed by atoms with van der Waals surface area (Å²) < 4.78 is 10.4. The maximum absolute atomic E-state index is 11.7. The molecule has 1 saturated carbocycles. The molecule has 138 valence electrons. The van der Waals surface area contributed by atoms with Gasteiger partial charge in [0.15, 0.2) is 5.96 Å². The number of hydrogen-bond acceptors (Lipinski definition) is 4. The zero-order valence-electron chi connectivity index (χ0n) is 15.5. The zero-order valence-corrected chi connectivity index (χ0v) is 15.5. The van der Waals surface area contributed by atoms with E-state index >= 15 is 0 Å². The molecule has 0 unspecified atom stereocenters. The van der Waals surface area contributed by atoms with Crippen molar-refractivity contribution in [1.82, 2.24) is 10.6 Å². The third kappa shape index (κ3) is 3.90. The van der Waals surface area contributed by atoms with E-state index in [1.807, 2.05) is 6.07 Å². The third-order valence-corrected chi connectivity index (χ3v) is 4.86. The highest BCUT2D eigenvalue weighted by Gasteiger charge is 2.43. The van der Waals surface area contributed by atoms with Crippen LogP contribution < -0.4 is 10.6 Å². The molecule has 0 amide bonds. The van der Waals surface area contributed by atoms with Gasteiger partial charge in [-0.1, -0.05) is 30.3 Å². The first-order valence-electron chi connectivity index (χ1n) is 8.75. The van der Waals surface area contributed by atoms with Gasteiger partial charge in [-0.3, -0.25) is 4.99 Å². The number of guanidine groups is 1. The second-order valence-electron chi connectivity index (χ2n) is 6.60. The molecule has 0 atom stereocenters. The maximum atomic E-state index is 11.7. The van der Waals surface area contributed by atoms with Crippen molar-refractivity contribution in [2.75, 3.05) is 20.7 Å². The fourth-order valence-corrected chi connectivity index (χ4v) is 3.10. The lowest BCUT2D eigenvalue weighted by Crippen LogP contribution is -2.40. The van der Waals surface area contributed by atoms with Gasteiger partial charge < -0.3 is 19.8 Å². The number of nitrogens with zero attached hydrogens (tertiary/aromatic N) is 1. The summed E-state index contributed by atoms with van der Waals surface area (Å²) in [6, 6.07) is 12.3. The van der Waals surface area contributed by atoms with Crippen molar-refractivity contribution in [3.8, 4) is 0 Å². The van der Waals surface area contributed by atoms with E-state index in [2.05, 4.69) is 39.9 Å². The van der Waals surface area contributed by atoms with Crippen LogP contribution in [0.3, 0.4) is 0 Å². The Morgan fingerprint density at radius 3 is 2.62 bits per heavy atom. The number of esters is 1. The molecule has 0 saturated heterocycles. The van der Waals surface area contributed by atoms with Crippen LogP contribution in [-0.4, -0.2) is 32.6 Å². The highest BCUT2D eigenvalue weighted by molar-refractivity contribution is 5.90. The molecule has 2 N–H and O–H groups in total.